The second-order valence-electron chi connectivity index (χ2n) is 10.3. The number of nitrogens with zero attached hydrogens (tertiary/aromatic N) is 1. The predicted molar refractivity (Wildman–Crippen MR) is 129 cm³/mol. The molecule has 34 heavy (non-hydrogen) atoms. The molecule has 1 N–H and O–H groups in total. The van der Waals surface area contributed by atoms with Crippen LogP contribution in [0.5, 0.6) is 11.5 Å². The lowest BCUT2D eigenvalue weighted by Gasteiger charge is -2.34. The van der Waals surface area contributed by atoms with Crippen molar-refractivity contribution in [2.24, 2.45) is 11.3 Å². The van der Waals surface area contributed by atoms with Crippen molar-refractivity contribution in [1.29, 1.82) is 0 Å². The fourth-order valence-corrected chi connectivity index (χ4v) is 5.86. The van der Waals surface area contributed by atoms with Gasteiger partial charge >= 0.3 is 0 Å². The lowest BCUT2D eigenvalue weighted by atomic mass is 9.72. The van der Waals surface area contributed by atoms with Gasteiger partial charge in [-0.2, -0.15) is 0 Å². The molecular weight excluding hydrogens is 430 g/mol. The summed E-state index contributed by atoms with van der Waals surface area (Å²) >= 11 is 0. The first-order valence-corrected chi connectivity index (χ1v) is 12.3. The van der Waals surface area contributed by atoms with Gasteiger partial charge in [0.2, 0.25) is 5.91 Å². The van der Waals surface area contributed by atoms with Crippen molar-refractivity contribution in [3.63, 3.8) is 0 Å². The van der Waals surface area contributed by atoms with Crippen molar-refractivity contribution in [3.05, 3.63) is 59.2 Å². The van der Waals surface area contributed by atoms with Gasteiger partial charge < -0.3 is 24.2 Å². The third-order valence-corrected chi connectivity index (χ3v) is 8.17. The first-order chi connectivity index (χ1) is 16.4. The third-order valence-electron chi connectivity index (χ3n) is 8.17. The van der Waals surface area contributed by atoms with Crippen molar-refractivity contribution < 1.29 is 24.1 Å². The van der Waals surface area contributed by atoms with Crippen LogP contribution in [-0.2, 0) is 22.4 Å². The number of aliphatic hydroxyl groups excluding tert-OH is 1. The zero-order chi connectivity index (χ0) is 23.9. The highest BCUT2D eigenvalue weighted by molar-refractivity contribution is 5.80. The molecule has 5 rings (SSSR count). The summed E-state index contributed by atoms with van der Waals surface area (Å²) in [6, 6.07) is 14.5. The molecule has 0 aromatic heterocycles. The largest absolute Gasteiger partial charge is 0.493 e. The van der Waals surface area contributed by atoms with Crippen LogP contribution in [0.4, 0.5) is 0 Å². The lowest BCUT2D eigenvalue weighted by molar-refractivity contribution is -0.135. The molecule has 182 valence electrons. The molecule has 1 aliphatic carbocycles. The summed E-state index contributed by atoms with van der Waals surface area (Å²) in [5.74, 6) is 1.48. The maximum absolute atomic E-state index is 13.2. The summed E-state index contributed by atoms with van der Waals surface area (Å²) in [5, 5.41) is 10.8. The molecule has 0 radical (unpaired) electrons. The van der Waals surface area contributed by atoms with Crippen LogP contribution in [0.15, 0.2) is 42.5 Å². The zero-order valence-electron chi connectivity index (χ0n) is 20.3. The predicted octanol–water partition coefficient (Wildman–Crippen LogP) is 3.59. The summed E-state index contributed by atoms with van der Waals surface area (Å²) in [5.41, 5.74) is 3.29. The standard InChI is InChI=1S/C28H35NO5/c1-18(30)28(2)17-29(27(31)22-10-11-33-16-22)15-24(28)21-8-9-25(32-3)26(14-21)34-23-12-19-6-4-5-7-20(19)13-23/h4-9,14,18,22-24,30H,10-13,15-17H2,1-3H3/t18-,22?,24+,28+/m1/s1. The number of carbonyl (C=O) groups excluding carboxylic acids is 1. The smallest absolute Gasteiger partial charge is 0.228 e. The Kier molecular flexibility index (Phi) is 6.30. The summed E-state index contributed by atoms with van der Waals surface area (Å²) in [6.45, 7) is 6.17. The van der Waals surface area contributed by atoms with Gasteiger partial charge in [0, 0.05) is 43.9 Å². The average molecular weight is 466 g/mol. The molecule has 0 spiro atoms. The molecule has 4 atom stereocenters. The number of likely N-dealkylation sites (tertiary alicyclic amines) is 1. The van der Waals surface area contributed by atoms with Crippen molar-refractivity contribution in [2.75, 3.05) is 33.4 Å². The normalized spacial score (nSPS) is 27.6. The van der Waals surface area contributed by atoms with Crippen LogP contribution < -0.4 is 9.47 Å². The summed E-state index contributed by atoms with van der Waals surface area (Å²) in [7, 11) is 1.66. The molecule has 6 heteroatoms. The number of hydrogen-bond donors (Lipinski definition) is 1. The van der Waals surface area contributed by atoms with Crippen LogP contribution in [0.3, 0.4) is 0 Å². The van der Waals surface area contributed by atoms with Crippen molar-refractivity contribution >= 4 is 5.91 Å². The number of amides is 1. The van der Waals surface area contributed by atoms with Gasteiger partial charge in [-0.1, -0.05) is 37.3 Å². The van der Waals surface area contributed by atoms with E-state index in [1.54, 1.807) is 7.11 Å². The van der Waals surface area contributed by atoms with Gasteiger partial charge in [0.1, 0.15) is 6.10 Å². The van der Waals surface area contributed by atoms with Crippen LogP contribution in [0.1, 0.15) is 42.9 Å². The van der Waals surface area contributed by atoms with Crippen LogP contribution in [-0.4, -0.2) is 61.5 Å². The molecule has 2 heterocycles. The van der Waals surface area contributed by atoms with Gasteiger partial charge in [0.15, 0.2) is 11.5 Å². The summed E-state index contributed by atoms with van der Waals surface area (Å²) < 4.78 is 17.6. The summed E-state index contributed by atoms with van der Waals surface area (Å²) in [4.78, 5) is 15.1. The number of benzene rings is 2. The van der Waals surface area contributed by atoms with Crippen LogP contribution in [0, 0.1) is 11.3 Å². The van der Waals surface area contributed by atoms with Crippen LogP contribution in [0.2, 0.25) is 0 Å². The van der Waals surface area contributed by atoms with E-state index in [0.29, 0.717) is 32.1 Å². The molecule has 2 saturated heterocycles. The highest BCUT2D eigenvalue weighted by Crippen LogP contribution is 2.47. The Morgan fingerprint density at radius 3 is 2.53 bits per heavy atom. The Hall–Kier alpha value is -2.57. The molecule has 2 aromatic rings. The first kappa shape index (κ1) is 23.2. The van der Waals surface area contributed by atoms with E-state index in [9.17, 15) is 9.90 Å². The van der Waals surface area contributed by atoms with Crippen LogP contribution >= 0.6 is 0 Å². The number of carbonyl (C=O) groups is 1. The number of methoxy groups -OCH3 is 1. The van der Waals surface area contributed by atoms with Gasteiger partial charge in [-0.05, 0) is 42.2 Å². The summed E-state index contributed by atoms with van der Waals surface area (Å²) in [6.07, 6.45) is 2.03. The van der Waals surface area contributed by atoms with Gasteiger partial charge in [0.05, 0.1) is 25.7 Å². The monoisotopic (exact) mass is 465 g/mol. The van der Waals surface area contributed by atoms with Gasteiger partial charge in [0.25, 0.3) is 0 Å². The molecule has 0 bridgehead atoms. The molecule has 2 aliphatic heterocycles. The van der Waals surface area contributed by atoms with Gasteiger partial charge in [-0.3, -0.25) is 4.79 Å². The fraction of sp³-hybridized carbons (Fsp3) is 0.536. The maximum Gasteiger partial charge on any atom is 0.228 e. The molecule has 6 nitrogen and oxygen atoms in total. The van der Waals surface area contributed by atoms with Gasteiger partial charge in [-0.25, -0.2) is 0 Å². The Morgan fingerprint density at radius 2 is 1.91 bits per heavy atom. The Balaban J connectivity index is 1.40. The van der Waals surface area contributed by atoms with E-state index in [0.717, 1.165) is 30.6 Å². The second-order valence-corrected chi connectivity index (χ2v) is 10.3. The Morgan fingerprint density at radius 1 is 1.18 bits per heavy atom. The number of hydrogen-bond acceptors (Lipinski definition) is 5. The van der Waals surface area contributed by atoms with E-state index >= 15 is 0 Å². The Bertz CT molecular complexity index is 1020. The number of fused-ring (bicyclic) bond motifs is 1. The van der Waals surface area contributed by atoms with Crippen molar-refractivity contribution in [1.82, 2.24) is 4.90 Å². The Labute approximate surface area is 201 Å². The van der Waals surface area contributed by atoms with Crippen molar-refractivity contribution in [3.8, 4) is 11.5 Å². The van der Waals surface area contributed by atoms with Crippen LogP contribution in [0.25, 0.3) is 0 Å². The van der Waals surface area contributed by atoms with E-state index in [-0.39, 0.29) is 23.8 Å². The third kappa shape index (κ3) is 4.18. The molecule has 1 unspecified atom stereocenters. The molecule has 2 aromatic carbocycles. The average Bonchev–Trinajstić information content (AvgIpc) is 3.57. The molecule has 3 aliphatic rings. The quantitative estimate of drug-likeness (QED) is 0.706. The zero-order valence-corrected chi connectivity index (χ0v) is 20.3. The SMILES string of the molecule is COc1ccc([C@@H]2CN(C(=O)C3CCOC3)C[C@@]2(C)[C@@H](C)O)cc1OC1Cc2ccccc2C1. The first-order valence-electron chi connectivity index (χ1n) is 12.3. The number of aliphatic hydroxyl groups is 1. The molecule has 2 fully saturated rings. The highest BCUT2D eigenvalue weighted by Gasteiger charge is 2.49. The number of ether oxygens (including phenoxy) is 3. The van der Waals surface area contributed by atoms with E-state index in [1.165, 1.54) is 11.1 Å². The minimum atomic E-state index is -0.564. The van der Waals surface area contributed by atoms with Gasteiger partial charge in [-0.15, -0.1) is 0 Å². The minimum absolute atomic E-state index is 0.00666. The maximum atomic E-state index is 13.2. The lowest BCUT2D eigenvalue weighted by Crippen LogP contribution is -2.39. The fourth-order valence-electron chi connectivity index (χ4n) is 5.86. The highest BCUT2D eigenvalue weighted by atomic mass is 16.5. The van der Waals surface area contributed by atoms with E-state index < -0.39 is 11.5 Å². The molecule has 0 saturated carbocycles. The number of rotatable bonds is 6. The molecular formula is C28H35NO5. The second kappa shape index (κ2) is 9.23. The van der Waals surface area contributed by atoms with E-state index in [1.807, 2.05) is 24.0 Å². The molecule has 1 amide bonds. The minimum Gasteiger partial charge on any atom is -0.493 e. The van der Waals surface area contributed by atoms with E-state index in [4.69, 9.17) is 14.2 Å². The van der Waals surface area contributed by atoms with Crippen molar-refractivity contribution in [2.45, 2.75) is 51.2 Å². The van der Waals surface area contributed by atoms with E-state index in [2.05, 4.69) is 37.3 Å². The topological polar surface area (TPSA) is 68.2 Å².